The predicted molar refractivity (Wildman–Crippen MR) is 105 cm³/mol. The molecular weight excluding hydrogens is 378 g/mol. The maximum Gasteiger partial charge on any atom is 0.251 e. The number of hydrogen-bond donors (Lipinski definition) is 1. The fraction of sp³-hybridized carbons (Fsp3) is 0.190. The van der Waals surface area contributed by atoms with Crippen molar-refractivity contribution in [1.82, 2.24) is 5.32 Å². The Labute approximate surface area is 164 Å². The van der Waals surface area contributed by atoms with Crippen molar-refractivity contribution < 1.29 is 22.4 Å². The largest absolute Gasteiger partial charge is 0.497 e. The number of nitrogens with one attached hydrogen (secondary N) is 1. The van der Waals surface area contributed by atoms with E-state index in [1.54, 1.807) is 60.7 Å². The average molecular weight is 399 g/mol. The maximum absolute atomic E-state index is 13.2. The molecule has 1 amide bonds. The summed E-state index contributed by atoms with van der Waals surface area (Å²) in [6, 6.07) is 16.5. The fourth-order valence-electron chi connectivity index (χ4n) is 2.78. The number of methoxy groups -OCH3 is 1. The summed E-state index contributed by atoms with van der Waals surface area (Å²) in [4.78, 5) is 12.7. The highest BCUT2D eigenvalue weighted by atomic mass is 32.2. The summed E-state index contributed by atoms with van der Waals surface area (Å²) in [5, 5.41) is 1.65. The molecule has 1 unspecified atom stereocenters. The van der Waals surface area contributed by atoms with Crippen LogP contribution in [0.5, 0.6) is 5.75 Å². The van der Waals surface area contributed by atoms with Crippen LogP contribution in [0, 0.1) is 6.92 Å². The van der Waals surface area contributed by atoms with E-state index in [4.69, 9.17) is 9.15 Å². The van der Waals surface area contributed by atoms with Gasteiger partial charge in [-0.05, 0) is 49.4 Å². The lowest BCUT2D eigenvalue weighted by Gasteiger charge is -2.17. The van der Waals surface area contributed by atoms with Crippen LogP contribution >= 0.6 is 0 Å². The molecule has 0 radical (unpaired) electrons. The van der Waals surface area contributed by atoms with Crippen molar-refractivity contribution in [2.45, 2.75) is 17.1 Å². The van der Waals surface area contributed by atoms with E-state index in [1.807, 2.05) is 6.92 Å². The summed E-state index contributed by atoms with van der Waals surface area (Å²) in [5.74, 6) is 0.420. The first-order chi connectivity index (χ1) is 13.4. The van der Waals surface area contributed by atoms with Crippen molar-refractivity contribution in [1.29, 1.82) is 0 Å². The lowest BCUT2D eigenvalue weighted by Crippen LogP contribution is -2.31. The number of benzene rings is 2. The van der Waals surface area contributed by atoms with Crippen LogP contribution in [0.25, 0.3) is 0 Å². The second kappa shape index (κ2) is 8.31. The summed E-state index contributed by atoms with van der Waals surface area (Å²) in [7, 11) is -2.25. The van der Waals surface area contributed by atoms with Crippen LogP contribution in [0.4, 0.5) is 0 Å². The quantitative estimate of drug-likeness (QED) is 0.657. The molecule has 0 aliphatic carbocycles. The number of carbonyl (C=O) groups excluding carboxylic acids is 1. The van der Waals surface area contributed by atoms with Gasteiger partial charge in [0.1, 0.15) is 16.8 Å². The second-order valence-electron chi connectivity index (χ2n) is 6.30. The normalized spacial score (nSPS) is 12.4. The van der Waals surface area contributed by atoms with Gasteiger partial charge in [0.05, 0.1) is 18.3 Å². The zero-order chi connectivity index (χ0) is 20.1. The molecule has 7 heteroatoms. The SMILES string of the molecule is COc1cccc(C(=O)NCC(c2ccco2)S(=O)(=O)c2ccc(C)cc2)c1. The van der Waals surface area contributed by atoms with Gasteiger partial charge in [-0.3, -0.25) is 4.79 Å². The van der Waals surface area contributed by atoms with Gasteiger partial charge in [0.2, 0.25) is 0 Å². The van der Waals surface area contributed by atoms with Gasteiger partial charge < -0.3 is 14.5 Å². The minimum absolute atomic E-state index is 0.125. The summed E-state index contributed by atoms with van der Waals surface area (Å²) in [5.41, 5.74) is 1.34. The molecular formula is C21H21NO5S. The molecule has 28 heavy (non-hydrogen) atoms. The second-order valence-corrected chi connectivity index (χ2v) is 8.43. The van der Waals surface area contributed by atoms with Crippen molar-refractivity contribution in [3.05, 3.63) is 83.8 Å². The molecule has 0 bridgehead atoms. The monoisotopic (exact) mass is 399 g/mol. The van der Waals surface area contributed by atoms with Gasteiger partial charge in [-0.25, -0.2) is 8.42 Å². The fourth-order valence-corrected chi connectivity index (χ4v) is 4.37. The molecule has 3 rings (SSSR count). The molecule has 0 fully saturated rings. The van der Waals surface area contributed by atoms with Crippen LogP contribution in [0.15, 0.2) is 76.2 Å². The molecule has 0 aliphatic heterocycles. The highest BCUT2D eigenvalue weighted by Gasteiger charge is 2.32. The van der Waals surface area contributed by atoms with Crippen LogP contribution in [-0.4, -0.2) is 28.0 Å². The van der Waals surface area contributed by atoms with E-state index in [2.05, 4.69) is 5.32 Å². The van der Waals surface area contributed by atoms with E-state index in [0.717, 1.165) is 5.56 Å². The maximum atomic E-state index is 13.2. The third-order valence-electron chi connectivity index (χ3n) is 4.36. The standard InChI is InChI=1S/C21H21NO5S/c1-15-8-10-18(11-9-15)28(24,25)20(19-7-4-12-27-19)14-22-21(23)16-5-3-6-17(13-16)26-2/h3-13,20H,14H2,1-2H3,(H,22,23). The molecule has 0 spiro atoms. The van der Waals surface area contributed by atoms with Gasteiger partial charge in [0.25, 0.3) is 5.91 Å². The van der Waals surface area contributed by atoms with Gasteiger partial charge in [0, 0.05) is 12.1 Å². The average Bonchev–Trinajstić information content (AvgIpc) is 3.22. The predicted octanol–water partition coefficient (Wildman–Crippen LogP) is 3.54. The minimum Gasteiger partial charge on any atom is -0.497 e. The molecule has 0 saturated carbocycles. The Balaban J connectivity index is 1.85. The zero-order valence-electron chi connectivity index (χ0n) is 15.6. The molecule has 1 aromatic heterocycles. The molecule has 0 saturated heterocycles. The first-order valence-electron chi connectivity index (χ1n) is 8.68. The number of hydrogen-bond acceptors (Lipinski definition) is 5. The lowest BCUT2D eigenvalue weighted by atomic mass is 10.2. The van der Waals surface area contributed by atoms with E-state index in [1.165, 1.54) is 13.4 Å². The molecule has 2 aromatic carbocycles. The van der Waals surface area contributed by atoms with Gasteiger partial charge >= 0.3 is 0 Å². The Bertz CT molecular complexity index is 1040. The van der Waals surface area contributed by atoms with Gasteiger partial charge in [-0.15, -0.1) is 0 Å². The van der Waals surface area contributed by atoms with E-state index in [0.29, 0.717) is 11.3 Å². The van der Waals surface area contributed by atoms with Gasteiger partial charge in [0.15, 0.2) is 9.84 Å². The molecule has 6 nitrogen and oxygen atoms in total. The smallest absolute Gasteiger partial charge is 0.251 e. The van der Waals surface area contributed by atoms with Crippen LogP contribution in [0.1, 0.15) is 26.9 Å². The number of carbonyl (C=O) groups is 1. The molecule has 146 valence electrons. The Morgan fingerprint density at radius 3 is 2.50 bits per heavy atom. The number of rotatable bonds is 7. The molecule has 1 heterocycles. The van der Waals surface area contributed by atoms with Crippen LogP contribution in [0.2, 0.25) is 0 Å². The number of sulfone groups is 1. The minimum atomic E-state index is -3.76. The molecule has 0 aliphatic rings. The topological polar surface area (TPSA) is 85.6 Å². The summed E-state index contributed by atoms with van der Waals surface area (Å²) in [6.07, 6.45) is 1.41. The number of amides is 1. The number of furan rings is 1. The van der Waals surface area contributed by atoms with Gasteiger partial charge in [-0.1, -0.05) is 23.8 Å². The van der Waals surface area contributed by atoms with E-state index < -0.39 is 21.0 Å². The Morgan fingerprint density at radius 2 is 1.86 bits per heavy atom. The number of ether oxygens (including phenoxy) is 1. The van der Waals surface area contributed by atoms with Crippen LogP contribution in [0.3, 0.4) is 0 Å². The van der Waals surface area contributed by atoms with Crippen molar-refractivity contribution in [3.8, 4) is 5.75 Å². The van der Waals surface area contributed by atoms with Crippen molar-refractivity contribution in [3.63, 3.8) is 0 Å². The number of aryl methyl sites for hydroxylation is 1. The summed E-state index contributed by atoms with van der Waals surface area (Å²) < 4.78 is 36.8. The first-order valence-corrected chi connectivity index (χ1v) is 10.2. The van der Waals surface area contributed by atoms with Crippen molar-refractivity contribution in [2.24, 2.45) is 0 Å². The third-order valence-corrected chi connectivity index (χ3v) is 6.44. The van der Waals surface area contributed by atoms with E-state index >= 15 is 0 Å². The molecule has 1 atom stereocenters. The van der Waals surface area contributed by atoms with Gasteiger partial charge in [-0.2, -0.15) is 0 Å². The Kier molecular flexibility index (Phi) is 5.84. The van der Waals surface area contributed by atoms with Crippen LogP contribution < -0.4 is 10.1 Å². The van der Waals surface area contributed by atoms with Crippen molar-refractivity contribution in [2.75, 3.05) is 13.7 Å². The lowest BCUT2D eigenvalue weighted by molar-refractivity contribution is 0.0953. The summed E-state index contributed by atoms with van der Waals surface area (Å²) >= 11 is 0. The zero-order valence-corrected chi connectivity index (χ0v) is 16.4. The highest BCUT2D eigenvalue weighted by molar-refractivity contribution is 7.91. The third kappa shape index (κ3) is 4.26. The molecule has 1 N–H and O–H groups in total. The first kappa shape index (κ1) is 19.7. The van der Waals surface area contributed by atoms with Crippen molar-refractivity contribution >= 4 is 15.7 Å². The van der Waals surface area contributed by atoms with E-state index in [-0.39, 0.29) is 17.2 Å². The molecule has 3 aromatic rings. The summed E-state index contributed by atoms with van der Waals surface area (Å²) in [6.45, 7) is 1.76. The van der Waals surface area contributed by atoms with E-state index in [9.17, 15) is 13.2 Å². The van der Waals surface area contributed by atoms with Crippen LogP contribution in [-0.2, 0) is 9.84 Å². The Morgan fingerprint density at radius 1 is 1.11 bits per heavy atom. The highest BCUT2D eigenvalue weighted by Crippen LogP contribution is 2.29. The Hall–Kier alpha value is -3.06.